The van der Waals surface area contributed by atoms with Crippen LogP contribution in [0.4, 0.5) is 0 Å². The normalized spacial score (nSPS) is 17.2. The maximum absolute atomic E-state index is 12.5. The molecule has 0 saturated carbocycles. The summed E-state index contributed by atoms with van der Waals surface area (Å²) in [5, 5.41) is 4.21. The van der Waals surface area contributed by atoms with Gasteiger partial charge in [0.1, 0.15) is 0 Å². The lowest BCUT2D eigenvalue weighted by atomic mass is 10.0. The summed E-state index contributed by atoms with van der Waals surface area (Å²) < 4.78 is 31.1. The fourth-order valence-electron chi connectivity index (χ4n) is 2.94. The monoisotopic (exact) mass is 348 g/mol. The van der Waals surface area contributed by atoms with E-state index in [1.165, 1.54) is 0 Å². The molecule has 6 nitrogen and oxygen atoms in total. The van der Waals surface area contributed by atoms with Crippen LogP contribution in [-0.4, -0.2) is 35.6 Å². The minimum atomic E-state index is -3.42. The third-order valence-corrected chi connectivity index (χ3v) is 6.09. The van der Waals surface area contributed by atoms with Crippen LogP contribution in [0.15, 0.2) is 42.7 Å². The van der Waals surface area contributed by atoms with Crippen molar-refractivity contribution in [3.63, 3.8) is 0 Å². The summed E-state index contributed by atoms with van der Waals surface area (Å²) in [4.78, 5) is 0. The van der Waals surface area contributed by atoms with E-state index in [4.69, 9.17) is 0 Å². The maximum Gasteiger partial charge on any atom is 0.279 e. The zero-order chi connectivity index (χ0) is 17.0. The van der Waals surface area contributed by atoms with E-state index in [9.17, 15) is 8.42 Å². The molecule has 2 heterocycles. The second-order valence-corrected chi connectivity index (χ2v) is 8.14. The smallest absolute Gasteiger partial charge is 0.268 e. The largest absolute Gasteiger partial charge is 0.279 e. The van der Waals surface area contributed by atoms with Crippen molar-refractivity contribution in [2.75, 3.05) is 13.1 Å². The Kier molecular flexibility index (Phi) is 5.33. The van der Waals surface area contributed by atoms with Gasteiger partial charge in [0, 0.05) is 32.0 Å². The highest BCUT2D eigenvalue weighted by molar-refractivity contribution is 7.87. The molecule has 24 heavy (non-hydrogen) atoms. The van der Waals surface area contributed by atoms with Crippen molar-refractivity contribution in [3.8, 4) is 0 Å². The number of aromatic nitrogens is 2. The highest BCUT2D eigenvalue weighted by atomic mass is 32.2. The minimum Gasteiger partial charge on any atom is -0.268 e. The molecule has 1 aromatic carbocycles. The van der Waals surface area contributed by atoms with Gasteiger partial charge in [0.05, 0.1) is 6.54 Å². The molecule has 0 radical (unpaired) electrons. The van der Waals surface area contributed by atoms with Crippen molar-refractivity contribution < 1.29 is 8.42 Å². The molecular formula is C17H24N4O2S. The zero-order valence-electron chi connectivity index (χ0n) is 13.9. The molecule has 1 N–H and O–H groups in total. The zero-order valence-corrected chi connectivity index (χ0v) is 14.7. The summed E-state index contributed by atoms with van der Waals surface area (Å²) >= 11 is 0. The lowest BCUT2D eigenvalue weighted by Gasteiger charge is -2.29. The van der Waals surface area contributed by atoms with Crippen LogP contribution in [-0.2, 0) is 23.3 Å². The third-order valence-electron chi connectivity index (χ3n) is 4.54. The molecule has 0 amide bonds. The van der Waals surface area contributed by atoms with E-state index in [-0.39, 0.29) is 0 Å². The van der Waals surface area contributed by atoms with Gasteiger partial charge in [0.2, 0.25) is 0 Å². The number of hydrogen-bond acceptors (Lipinski definition) is 3. The molecule has 0 bridgehead atoms. The summed E-state index contributed by atoms with van der Waals surface area (Å²) in [6, 6.07) is 9.73. The van der Waals surface area contributed by atoms with Crippen LogP contribution in [0.5, 0.6) is 0 Å². The number of nitrogens with one attached hydrogen (secondary N) is 1. The molecule has 1 saturated heterocycles. The second-order valence-electron chi connectivity index (χ2n) is 6.38. The van der Waals surface area contributed by atoms with Gasteiger partial charge in [-0.1, -0.05) is 31.2 Å². The van der Waals surface area contributed by atoms with E-state index in [1.807, 2.05) is 41.2 Å². The highest BCUT2D eigenvalue weighted by Gasteiger charge is 2.26. The van der Waals surface area contributed by atoms with Crippen LogP contribution >= 0.6 is 0 Å². The van der Waals surface area contributed by atoms with E-state index in [0.29, 0.717) is 32.1 Å². The molecule has 7 heteroatoms. The van der Waals surface area contributed by atoms with Gasteiger partial charge in [-0.15, -0.1) is 0 Å². The van der Waals surface area contributed by atoms with Gasteiger partial charge in [-0.25, -0.2) is 0 Å². The SMILES string of the molecule is CC1CCN(S(=O)(=O)NCc2ccccc2Cn2cccn2)CC1. The first kappa shape index (κ1) is 17.1. The molecule has 0 aliphatic carbocycles. The maximum atomic E-state index is 12.5. The number of nitrogens with zero attached hydrogens (tertiary/aromatic N) is 3. The molecular weight excluding hydrogens is 324 g/mol. The first-order valence-electron chi connectivity index (χ1n) is 8.33. The minimum absolute atomic E-state index is 0.297. The number of rotatable bonds is 6. The molecule has 1 fully saturated rings. The van der Waals surface area contributed by atoms with Crippen LogP contribution in [0.25, 0.3) is 0 Å². The van der Waals surface area contributed by atoms with Gasteiger partial charge in [0.25, 0.3) is 10.2 Å². The Balaban J connectivity index is 1.66. The van der Waals surface area contributed by atoms with Crippen LogP contribution in [0.3, 0.4) is 0 Å². The van der Waals surface area contributed by atoms with Crippen molar-refractivity contribution in [2.24, 2.45) is 5.92 Å². The van der Waals surface area contributed by atoms with Crippen molar-refractivity contribution in [1.82, 2.24) is 18.8 Å². The Bertz CT molecular complexity index is 751. The van der Waals surface area contributed by atoms with Gasteiger partial charge < -0.3 is 0 Å². The molecule has 1 aromatic heterocycles. The summed E-state index contributed by atoms with van der Waals surface area (Å²) in [7, 11) is -3.42. The van der Waals surface area contributed by atoms with E-state index in [2.05, 4.69) is 16.7 Å². The number of hydrogen-bond donors (Lipinski definition) is 1. The summed E-state index contributed by atoms with van der Waals surface area (Å²) in [5.74, 6) is 0.603. The molecule has 3 rings (SSSR count). The topological polar surface area (TPSA) is 67.2 Å². The Morgan fingerprint density at radius 2 is 1.88 bits per heavy atom. The molecule has 1 aliphatic heterocycles. The first-order valence-corrected chi connectivity index (χ1v) is 9.77. The Hall–Kier alpha value is -1.70. The van der Waals surface area contributed by atoms with E-state index >= 15 is 0 Å². The molecule has 0 spiro atoms. The summed E-state index contributed by atoms with van der Waals surface area (Å²) in [6.07, 6.45) is 5.49. The number of benzene rings is 1. The van der Waals surface area contributed by atoms with Gasteiger partial charge in [-0.05, 0) is 36.0 Å². The predicted octanol–water partition coefficient (Wildman–Crippen LogP) is 2.00. The Labute approximate surface area is 143 Å². The molecule has 0 unspecified atom stereocenters. The summed E-state index contributed by atoms with van der Waals surface area (Å²) in [6.45, 7) is 4.30. The van der Waals surface area contributed by atoms with Gasteiger partial charge in [-0.2, -0.15) is 22.5 Å². The van der Waals surface area contributed by atoms with Crippen molar-refractivity contribution in [3.05, 3.63) is 53.9 Å². The average molecular weight is 348 g/mol. The molecule has 130 valence electrons. The molecule has 1 aliphatic rings. The van der Waals surface area contributed by atoms with Gasteiger partial charge in [0.15, 0.2) is 0 Å². The standard InChI is InChI=1S/C17H24N4O2S/c1-15-7-11-21(12-8-15)24(22,23)19-13-16-5-2-3-6-17(16)14-20-10-4-9-18-20/h2-6,9-10,15,19H,7-8,11-14H2,1H3. The van der Waals surface area contributed by atoms with Crippen LogP contribution in [0.1, 0.15) is 30.9 Å². The molecule has 0 atom stereocenters. The van der Waals surface area contributed by atoms with E-state index in [1.54, 1.807) is 10.5 Å². The number of piperidine rings is 1. The quantitative estimate of drug-likeness (QED) is 0.868. The molecule has 2 aromatic rings. The van der Waals surface area contributed by atoms with Crippen molar-refractivity contribution >= 4 is 10.2 Å². The van der Waals surface area contributed by atoms with E-state index < -0.39 is 10.2 Å². The van der Waals surface area contributed by atoms with Crippen LogP contribution in [0.2, 0.25) is 0 Å². The average Bonchev–Trinajstić information content (AvgIpc) is 3.08. The van der Waals surface area contributed by atoms with Crippen LogP contribution in [0, 0.1) is 5.92 Å². The fraction of sp³-hybridized carbons (Fsp3) is 0.471. The van der Waals surface area contributed by atoms with Crippen molar-refractivity contribution in [2.45, 2.75) is 32.9 Å². The first-order chi connectivity index (χ1) is 11.5. The van der Waals surface area contributed by atoms with Crippen LogP contribution < -0.4 is 4.72 Å². The van der Waals surface area contributed by atoms with E-state index in [0.717, 1.165) is 24.0 Å². The Morgan fingerprint density at radius 1 is 1.17 bits per heavy atom. The lowest BCUT2D eigenvalue weighted by molar-refractivity contribution is 0.285. The van der Waals surface area contributed by atoms with Crippen molar-refractivity contribution in [1.29, 1.82) is 0 Å². The predicted molar refractivity (Wildman–Crippen MR) is 93.5 cm³/mol. The lowest BCUT2D eigenvalue weighted by Crippen LogP contribution is -2.44. The highest BCUT2D eigenvalue weighted by Crippen LogP contribution is 2.18. The summed E-state index contributed by atoms with van der Waals surface area (Å²) in [5.41, 5.74) is 2.04. The van der Waals surface area contributed by atoms with Gasteiger partial charge in [-0.3, -0.25) is 4.68 Å². The van der Waals surface area contributed by atoms with Gasteiger partial charge >= 0.3 is 0 Å². The third kappa shape index (κ3) is 4.23. The second kappa shape index (κ2) is 7.46. The Morgan fingerprint density at radius 3 is 2.54 bits per heavy atom. The fourth-order valence-corrected chi connectivity index (χ4v) is 4.15.